The van der Waals surface area contributed by atoms with Crippen LogP contribution in [0.25, 0.3) is 43.8 Å². The first kappa shape index (κ1) is 40.2. The highest BCUT2D eigenvalue weighted by Gasteiger charge is 2.22. The molecule has 0 unspecified atom stereocenters. The van der Waals surface area contributed by atoms with E-state index in [0.29, 0.717) is 32.3 Å². The van der Waals surface area contributed by atoms with Crippen molar-refractivity contribution in [2.75, 3.05) is 7.11 Å². The van der Waals surface area contributed by atoms with E-state index in [1.54, 1.807) is 42.5 Å². The molecule has 1 aromatic heterocycles. The van der Waals surface area contributed by atoms with Gasteiger partial charge in [0.05, 0.1) is 11.4 Å². The van der Waals surface area contributed by atoms with Crippen LogP contribution in [0.1, 0.15) is 48.9 Å². The van der Waals surface area contributed by atoms with E-state index >= 15 is 0 Å². The zero-order chi connectivity index (χ0) is 39.6. The predicted octanol–water partition coefficient (Wildman–Crippen LogP) is 10.4. The van der Waals surface area contributed by atoms with Gasteiger partial charge < -0.3 is 36.8 Å². The molecule has 0 spiro atoms. The van der Waals surface area contributed by atoms with Gasteiger partial charge in [0.1, 0.15) is 23.1 Å². The second kappa shape index (κ2) is 18.3. The fourth-order valence-corrected chi connectivity index (χ4v) is 7.52. The molecule has 0 aliphatic carbocycles. The van der Waals surface area contributed by atoms with Crippen LogP contribution in [-0.4, -0.2) is 39.4 Å². The summed E-state index contributed by atoms with van der Waals surface area (Å²) in [5.41, 5.74) is 20.7. The van der Waals surface area contributed by atoms with Gasteiger partial charge in [-0.25, -0.2) is 4.39 Å². The molecule has 0 amide bonds. The molecule has 284 valence electrons. The van der Waals surface area contributed by atoms with Crippen LogP contribution in [0, 0.1) is 5.82 Å². The maximum Gasteiger partial charge on any atom is 0.170 e. The zero-order valence-electron chi connectivity index (χ0n) is 30.6. The lowest BCUT2D eigenvalue weighted by Gasteiger charge is -2.19. The monoisotopic (exact) mass is 780 g/mol. The molecule has 12 heteroatoms. The van der Waals surface area contributed by atoms with Crippen molar-refractivity contribution >= 4 is 34.6 Å². The maximum atomic E-state index is 14.2. The molecule has 5 aromatic carbocycles. The number of benzene rings is 5. The fourth-order valence-electron chi connectivity index (χ4n) is 6.40. The number of hydrogen-bond donors (Lipinski definition) is 6. The summed E-state index contributed by atoms with van der Waals surface area (Å²) in [5, 5.41) is 44.4. The molecule has 0 atom stereocenters. The van der Waals surface area contributed by atoms with Gasteiger partial charge in [-0.05, 0) is 113 Å². The number of rotatable bonds is 11. The van der Waals surface area contributed by atoms with E-state index in [1.807, 2.05) is 42.5 Å². The molecule has 0 aliphatic heterocycles. The van der Waals surface area contributed by atoms with Crippen LogP contribution < -0.4 is 16.2 Å². The largest absolute Gasteiger partial charge is 0.508 e. The van der Waals surface area contributed by atoms with Crippen molar-refractivity contribution in [1.29, 1.82) is 0 Å². The Kier molecular flexibility index (Phi) is 13.4. The fraction of sp³-hybridized carbons (Fsp3) is 0.163. The summed E-state index contributed by atoms with van der Waals surface area (Å²) in [4.78, 5) is 0.933. The Labute approximate surface area is 328 Å². The molecule has 6 aromatic rings. The van der Waals surface area contributed by atoms with Crippen molar-refractivity contribution < 1.29 is 29.8 Å². The summed E-state index contributed by atoms with van der Waals surface area (Å²) < 4.78 is 20.3. The van der Waals surface area contributed by atoms with E-state index in [1.165, 1.54) is 30.6 Å². The molecule has 0 saturated heterocycles. The summed E-state index contributed by atoms with van der Waals surface area (Å²) in [6.45, 7) is 4.17. The molecule has 9 nitrogen and oxygen atoms in total. The minimum Gasteiger partial charge on any atom is -0.508 e. The maximum absolute atomic E-state index is 14.2. The first-order valence-electron chi connectivity index (χ1n) is 17.5. The Hall–Kier alpha value is -6.04. The van der Waals surface area contributed by atoms with Crippen LogP contribution in [-0.2, 0) is 12.8 Å². The highest BCUT2D eigenvalue weighted by Crippen LogP contribution is 2.43. The molecular formula is C43H42ClFN4O5S. The molecular weight excluding hydrogens is 739 g/mol. The van der Waals surface area contributed by atoms with Gasteiger partial charge in [0.15, 0.2) is 11.7 Å². The van der Waals surface area contributed by atoms with Gasteiger partial charge in [0.25, 0.3) is 0 Å². The van der Waals surface area contributed by atoms with Crippen LogP contribution in [0.15, 0.2) is 113 Å². The van der Waals surface area contributed by atoms with Gasteiger partial charge in [-0.15, -0.1) is 11.3 Å². The standard InChI is InChI=1S/C23H23FN2O3.C20H19ClN2O2S/c1-3-4-14-11-18(15-5-8-17(27)9-6-15)22(20(12-14)23(25)26-28)19-13-16(24)7-10-21(19)29-2;1-2-3-12-10-15(13-4-6-14(24)7-5-13)19(16(11-12)20(22)23-25)17-8-9-18(21)26-17/h5-13,27-28H,3-4H2,1-2H3,(H2,25,26);4-11,24-25H,2-3H2,1H3,(H2,22,23). The van der Waals surface area contributed by atoms with Crippen LogP contribution in [0.4, 0.5) is 4.39 Å². The first-order chi connectivity index (χ1) is 26.5. The minimum atomic E-state index is -0.430. The summed E-state index contributed by atoms with van der Waals surface area (Å²) in [6, 6.07) is 29.6. The average Bonchev–Trinajstić information content (AvgIpc) is 3.63. The van der Waals surface area contributed by atoms with Gasteiger partial charge in [-0.1, -0.05) is 85.0 Å². The van der Waals surface area contributed by atoms with Gasteiger partial charge in [-0.3, -0.25) is 0 Å². The number of methoxy groups -OCH3 is 1. The number of nitrogens with two attached hydrogens (primary N) is 2. The van der Waals surface area contributed by atoms with E-state index in [4.69, 9.17) is 27.8 Å². The average molecular weight is 781 g/mol. The Morgan fingerprint density at radius 3 is 1.60 bits per heavy atom. The zero-order valence-corrected chi connectivity index (χ0v) is 32.1. The van der Waals surface area contributed by atoms with Crippen molar-refractivity contribution in [3.63, 3.8) is 0 Å². The van der Waals surface area contributed by atoms with E-state index < -0.39 is 5.82 Å². The normalized spacial score (nSPS) is 11.6. The second-order valence-corrected chi connectivity index (χ2v) is 14.4. The minimum absolute atomic E-state index is 0.0579. The van der Waals surface area contributed by atoms with Crippen LogP contribution >= 0.6 is 22.9 Å². The number of phenols is 2. The number of phenolic OH excluding ortho intramolecular Hbond substituents is 2. The van der Waals surface area contributed by atoms with Crippen molar-refractivity contribution in [1.82, 2.24) is 0 Å². The van der Waals surface area contributed by atoms with Crippen LogP contribution in [0.2, 0.25) is 4.34 Å². The molecule has 0 fully saturated rings. The summed E-state index contributed by atoms with van der Waals surface area (Å²) in [7, 11) is 1.51. The Morgan fingerprint density at radius 2 is 1.16 bits per heavy atom. The molecule has 1 heterocycles. The lowest BCUT2D eigenvalue weighted by molar-refractivity contribution is 0.318. The molecule has 0 bridgehead atoms. The first-order valence-corrected chi connectivity index (χ1v) is 18.7. The van der Waals surface area contributed by atoms with E-state index in [2.05, 4.69) is 30.2 Å². The lowest BCUT2D eigenvalue weighted by Crippen LogP contribution is -2.16. The molecule has 0 radical (unpaired) electrons. The number of hydrogen-bond acceptors (Lipinski definition) is 8. The molecule has 0 saturated carbocycles. The number of ether oxygens (including phenoxy) is 1. The summed E-state index contributed by atoms with van der Waals surface area (Å²) in [5.74, 6) is 0.352. The van der Waals surface area contributed by atoms with Gasteiger partial charge >= 0.3 is 0 Å². The van der Waals surface area contributed by atoms with Crippen LogP contribution in [0.3, 0.4) is 0 Å². The Balaban J connectivity index is 0.000000212. The van der Waals surface area contributed by atoms with Crippen LogP contribution in [0.5, 0.6) is 17.2 Å². The number of nitrogens with zero attached hydrogens (tertiary/aromatic N) is 2. The molecule has 6 rings (SSSR count). The quantitative estimate of drug-likeness (QED) is 0.0329. The SMILES string of the molecule is CCCc1cc(C(N)=NO)c(-c2cc(F)ccc2OC)c(-c2ccc(O)cc2)c1.CCCc1cc(C(N)=NO)c(-c2ccc(Cl)s2)c(-c2ccc(O)cc2)c1. The third-order valence-corrected chi connectivity index (χ3v) is 10.1. The topological polar surface area (TPSA) is 167 Å². The smallest absolute Gasteiger partial charge is 0.170 e. The van der Waals surface area contributed by atoms with Gasteiger partial charge in [-0.2, -0.15) is 0 Å². The number of halogens is 2. The third-order valence-electron chi connectivity index (χ3n) is 8.85. The van der Waals surface area contributed by atoms with E-state index in [9.17, 15) is 25.0 Å². The molecule has 55 heavy (non-hydrogen) atoms. The van der Waals surface area contributed by atoms with Gasteiger partial charge in [0.2, 0.25) is 0 Å². The van der Waals surface area contributed by atoms with Crippen molar-refractivity contribution in [2.45, 2.75) is 39.5 Å². The third kappa shape index (κ3) is 9.37. The number of aromatic hydroxyl groups is 2. The summed E-state index contributed by atoms with van der Waals surface area (Å²) >= 11 is 7.59. The number of amidine groups is 2. The summed E-state index contributed by atoms with van der Waals surface area (Å²) in [6.07, 6.45) is 3.56. The second-order valence-electron chi connectivity index (χ2n) is 12.6. The van der Waals surface area contributed by atoms with Crippen molar-refractivity contribution in [3.8, 4) is 61.1 Å². The molecule has 8 N–H and O–H groups in total. The highest BCUT2D eigenvalue weighted by molar-refractivity contribution is 7.19. The van der Waals surface area contributed by atoms with E-state index in [0.717, 1.165) is 69.5 Å². The Bertz CT molecular complexity index is 2330. The van der Waals surface area contributed by atoms with Gasteiger partial charge in [0, 0.05) is 32.7 Å². The Morgan fingerprint density at radius 1 is 0.673 bits per heavy atom. The molecule has 0 aliphatic rings. The number of oxime groups is 2. The predicted molar refractivity (Wildman–Crippen MR) is 220 cm³/mol. The van der Waals surface area contributed by atoms with E-state index in [-0.39, 0.29) is 23.2 Å². The highest BCUT2D eigenvalue weighted by atomic mass is 35.5. The lowest BCUT2D eigenvalue weighted by atomic mass is 9.87. The van der Waals surface area contributed by atoms with Crippen molar-refractivity contribution in [3.05, 3.63) is 136 Å². The van der Waals surface area contributed by atoms with Crippen molar-refractivity contribution in [2.24, 2.45) is 21.8 Å². The number of thiophene rings is 1. The number of aryl methyl sites for hydroxylation is 2.